The highest BCUT2D eigenvalue weighted by Gasteiger charge is 2.24. The van der Waals surface area contributed by atoms with Crippen LogP contribution in [0.4, 0.5) is 0 Å². The van der Waals surface area contributed by atoms with Crippen molar-refractivity contribution in [2.45, 2.75) is 45.3 Å². The van der Waals surface area contributed by atoms with E-state index in [4.69, 9.17) is 16.3 Å². The number of esters is 1. The zero-order chi connectivity index (χ0) is 19.0. The Morgan fingerprint density at radius 3 is 2.93 bits per heavy atom. The number of hydrogen-bond donors (Lipinski definition) is 0. The minimum atomic E-state index is -0.754. The van der Waals surface area contributed by atoms with E-state index < -0.39 is 12.0 Å². The summed E-state index contributed by atoms with van der Waals surface area (Å²) in [6.07, 6.45) is 5.60. The van der Waals surface area contributed by atoms with Gasteiger partial charge in [-0.3, -0.25) is 9.36 Å². The molecule has 4 rings (SSSR count). The minimum absolute atomic E-state index is 0.0706. The molecule has 27 heavy (non-hydrogen) atoms. The standard InChI is InChI=1S/C20H19ClN2O3S/c1-12(20(25)26-10-13-6-2-4-8-15(13)21)23-11-22-18-17(19(23)24)14-7-3-5-9-16(14)27-18/h2,4,6,8,11-12H,3,5,7,9-10H2,1H3. The molecule has 1 aromatic carbocycles. The summed E-state index contributed by atoms with van der Waals surface area (Å²) in [4.78, 5) is 32.0. The molecule has 2 heterocycles. The predicted molar refractivity (Wildman–Crippen MR) is 106 cm³/mol. The zero-order valence-corrected chi connectivity index (χ0v) is 16.5. The smallest absolute Gasteiger partial charge is 0.329 e. The van der Waals surface area contributed by atoms with Crippen LogP contribution in [0.25, 0.3) is 10.2 Å². The fraction of sp³-hybridized carbons (Fsp3) is 0.350. The van der Waals surface area contributed by atoms with E-state index in [2.05, 4.69) is 4.98 Å². The average Bonchev–Trinajstić information content (AvgIpc) is 3.06. The van der Waals surface area contributed by atoms with Gasteiger partial charge in [0.1, 0.15) is 17.5 Å². The van der Waals surface area contributed by atoms with E-state index in [-0.39, 0.29) is 12.2 Å². The van der Waals surface area contributed by atoms with E-state index in [9.17, 15) is 9.59 Å². The highest BCUT2D eigenvalue weighted by molar-refractivity contribution is 7.18. The summed E-state index contributed by atoms with van der Waals surface area (Å²) < 4.78 is 6.75. The van der Waals surface area contributed by atoms with Gasteiger partial charge < -0.3 is 4.74 Å². The lowest BCUT2D eigenvalue weighted by Gasteiger charge is -2.15. The second-order valence-corrected chi connectivity index (χ2v) is 8.21. The van der Waals surface area contributed by atoms with Crippen molar-refractivity contribution >= 4 is 39.1 Å². The maximum absolute atomic E-state index is 13.0. The lowest BCUT2D eigenvalue weighted by Crippen LogP contribution is -2.29. The van der Waals surface area contributed by atoms with Gasteiger partial charge in [-0.25, -0.2) is 9.78 Å². The molecule has 1 aliphatic rings. The first kappa shape index (κ1) is 18.2. The van der Waals surface area contributed by atoms with Gasteiger partial charge in [-0.05, 0) is 44.2 Å². The fourth-order valence-electron chi connectivity index (χ4n) is 3.43. The third-order valence-electron chi connectivity index (χ3n) is 4.99. The van der Waals surface area contributed by atoms with E-state index in [1.807, 2.05) is 12.1 Å². The molecule has 0 aliphatic heterocycles. The van der Waals surface area contributed by atoms with Gasteiger partial charge >= 0.3 is 5.97 Å². The van der Waals surface area contributed by atoms with E-state index in [1.165, 1.54) is 15.8 Å². The van der Waals surface area contributed by atoms with Crippen molar-refractivity contribution in [1.82, 2.24) is 9.55 Å². The van der Waals surface area contributed by atoms with E-state index in [1.54, 1.807) is 30.4 Å². The molecular weight excluding hydrogens is 384 g/mol. The molecule has 3 aromatic rings. The molecule has 0 amide bonds. The van der Waals surface area contributed by atoms with Crippen molar-refractivity contribution in [1.29, 1.82) is 0 Å². The Hall–Kier alpha value is -2.18. The van der Waals surface area contributed by atoms with Crippen LogP contribution in [0.1, 0.15) is 41.8 Å². The first-order chi connectivity index (χ1) is 13.1. The van der Waals surface area contributed by atoms with Crippen molar-refractivity contribution in [2.75, 3.05) is 0 Å². The van der Waals surface area contributed by atoms with Crippen LogP contribution in [-0.2, 0) is 29.0 Å². The third-order valence-corrected chi connectivity index (χ3v) is 6.56. The van der Waals surface area contributed by atoms with E-state index in [0.717, 1.165) is 41.6 Å². The molecule has 0 fully saturated rings. The van der Waals surface area contributed by atoms with Crippen molar-refractivity contribution in [3.8, 4) is 0 Å². The van der Waals surface area contributed by atoms with Gasteiger partial charge in [-0.1, -0.05) is 29.8 Å². The summed E-state index contributed by atoms with van der Waals surface area (Å²) in [5.41, 5.74) is 1.68. The van der Waals surface area contributed by atoms with Crippen LogP contribution in [0.15, 0.2) is 35.4 Å². The number of carbonyl (C=O) groups excluding carboxylic acids is 1. The molecule has 5 nitrogen and oxygen atoms in total. The SMILES string of the molecule is CC(C(=O)OCc1ccccc1Cl)n1cnc2sc3c(c2c1=O)CCCC3. The fourth-order valence-corrected chi connectivity index (χ4v) is 4.84. The molecule has 0 saturated heterocycles. The van der Waals surface area contributed by atoms with Gasteiger partial charge in [-0.2, -0.15) is 0 Å². The highest BCUT2D eigenvalue weighted by Crippen LogP contribution is 2.33. The lowest BCUT2D eigenvalue weighted by atomic mass is 9.97. The summed E-state index contributed by atoms with van der Waals surface area (Å²) >= 11 is 7.69. The number of fused-ring (bicyclic) bond motifs is 3. The Balaban J connectivity index is 1.59. The van der Waals surface area contributed by atoms with Gasteiger partial charge in [0.2, 0.25) is 0 Å². The number of aryl methyl sites for hydroxylation is 2. The number of aromatic nitrogens is 2. The predicted octanol–water partition coefficient (Wildman–Crippen LogP) is 4.29. The maximum Gasteiger partial charge on any atom is 0.329 e. The monoisotopic (exact) mass is 402 g/mol. The normalized spacial score (nSPS) is 14.7. The van der Waals surface area contributed by atoms with Gasteiger partial charge in [0.25, 0.3) is 5.56 Å². The number of benzene rings is 1. The second kappa shape index (κ2) is 7.44. The van der Waals surface area contributed by atoms with Crippen LogP contribution in [-0.4, -0.2) is 15.5 Å². The Labute approximate surface area is 165 Å². The van der Waals surface area contributed by atoms with Crippen molar-refractivity contribution < 1.29 is 9.53 Å². The Kier molecular flexibility index (Phi) is 5.02. The number of rotatable bonds is 4. The van der Waals surface area contributed by atoms with Gasteiger partial charge in [0.15, 0.2) is 0 Å². The molecule has 0 radical (unpaired) electrons. The third kappa shape index (κ3) is 3.39. The topological polar surface area (TPSA) is 61.2 Å². The molecule has 1 aliphatic carbocycles. The molecular formula is C20H19ClN2O3S. The Morgan fingerprint density at radius 1 is 1.33 bits per heavy atom. The molecule has 2 aromatic heterocycles. The Morgan fingerprint density at radius 2 is 2.11 bits per heavy atom. The number of nitrogens with zero attached hydrogens (tertiary/aromatic N) is 2. The van der Waals surface area contributed by atoms with Gasteiger partial charge in [0.05, 0.1) is 11.7 Å². The quantitative estimate of drug-likeness (QED) is 0.610. The highest BCUT2D eigenvalue weighted by atomic mass is 35.5. The first-order valence-corrected chi connectivity index (χ1v) is 10.2. The largest absolute Gasteiger partial charge is 0.459 e. The summed E-state index contributed by atoms with van der Waals surface area (Å²) in [5, 5.41) is 1.21. The van der Waals surface area contributed by atoms with Gasteiger partial charge in [0, 0.05) is 15.5 Å². The number of ether oxygens (including phenoxy) is 1. The minimum Gasteiger partial charge on any atom is -0.459 e. The van der Waals surface area contributed by atoms with Crippen LogP contribution >= 0.6 is 22.9 Å². The molecule has 0 spiro atoms. The summed E-state index contributed by atoms with van der Waals surface area (Å²) in [6, 6.07) is 6.45. The number of carbonyl (C=O) groups is 1. The molecule has 1 atom stereocenters. The lowest BCUT2D eigenvalue weighted by molar-refractivity contribution is -0.148. The number of thiophene rings is 1. The van der Waals surface area contributed by atoms with E-state index in [0.29, 0.717) is 10.4 Å². The number of halogens is 1. The molecule has 0 bridgehead atoms. The summed E-state index contributed by atoms with van der Waals surface area (Å²) in [7, 11) is 0. The van der Waals surface area contributed by atoms with Crippen LogP contribution in [0.5, 0.6) is 0 Å². The van der Waals surface area contributed by atoms with Crippen LogP contribution in [0.2, 0.25) is 5.02 Å². The maximum atomic E-state index is 13.0. The van der Waals surface area contributed by atoms with Crippen molar-refractivity contribution in [3.63, 3.8) is 0 Å². The van der Waals surface area contributed by atoms with Crippen LogP contribution in [0.3, 0.4) is 0 Å². The van der Waals surface area contributed by atoms with Crippen LogP contribution in [0, 0.1) is 0 Å². The summed E-state index contributed by atoms with van der Waals surface area (Å²) in [5.74, 6) is -0.484. The van der Waals surface area contributed by atoms with Crippen LogP contribution < -0.4 is 5.56 Å². The van der Waals surface area contributed by atoms with Crippen molar-refractivity contribution in [2.24, 2.45) is 0 Å². The molecule has 1 unspecified atom stereocenters. The summed E-state index contributed by atoms with van der Waals surface area (Å²) in [6.45, 7) is 1.73. The number of hydrogen-bond acceptors (Lipinski definition) is 5. The average molecular weight is 403 g/mol. The first-order valence-electron chi connectivity index (χ1n) is 8.97. The Bertz CT molecular complexity index is 1070. The molecule has 0 saturated carbocycles. The van der Waals surface area contributed by atoms with E-state index >= 15 is 0 Å². The molecule has 7 heteroatoms. The van der Waals surface area contributed by atoms with Crippen molar-refractivity contribution in [3.05, 3.63) is 62.0 Å². The molecule has 0 N–H and O–H groups in total. The zero-order valence-electron chi connectivity index (χ0n) is 14.9. The second-order valence-electron chi connectivity index (χ2n) is 6.72. The molecule has 140 valence electrons. The van der Waals surface area contributed by atoms with Gasteiger partial charge in [-0.15, -0.1) is 11.3 Å².